The summed E-state index contributed by atoms with van der Waals surface area (Å²) in [7, 11) is 1.85. The number of urea groups is 1. The second-order valence-electron chi connectivity index (χ2n) is 8.49. The summed E-state index contributed by atoms with van der Waals surface area (Å²) in [6.45, 7) is 3.76. The minimum atomic E-state index is -1.17. The van der Waals surface area contributed by atoms with E-state index in [1.165, 1.54) is 18.2 Å². The molecule has 6 N–H and O–H groups in total. The lowest BCUT2D eigenvalue weighted by molar-refractivity contribution is -0.0420. The first kappa shape index (κ1) is 23.8. The van der Waals surface area contributed by atoms with Crippen molar-refractivity contribution in [2.75, 3.05) is 32.4 Å². The zero-order valence-corrected chi connectivity index (χ0v) is 19.1. The van der Waals surface area contributed by atoms with E-state index in [0.717, 1.165) is 5.56 Å². The molecule has 12 heteroatoms. The Kier molecular flexibility index (Phi) is 7.22. The number of carbonyl (C=O) groups is 1. The van der Waals surface area contributed by atoms with Crippen molar-refractivity contribution in [2.45, 2.75) is 38.0 Å². The molecule has 0 radical (unpaired) electrons. The summed E-state index contributed by atoms with van der Waals surface area (Å²) in [4.78, 5) is 26.2. The number of nitrogens with one attached hydrogen (secondary N) is 2. The molecule has 3 aromatic rings. The summed E-state index contributed by atoms with van der Waals surface area (Å²) in [5, 5.41) is 26.8. The molecular weight excluding hydrogens is 440 g/mol. The predicted molar refractivity (Wildman–Crippen MR) is 125 cm³/mol. The molecule has 1 aliphatic rings. The molecule has 1 saturated heterocycles. The normalized spacial score (nSPS) is 22.4. The number of anilines is 1. The molecular formula is C22H30N8O4. The van der Waals surface area contributed by atoms with E-state index < -0.39 is 24.5 Å². The molecule has 1 fully saturated rings. The van der Waals surface area contributed by atoms with Crippen molar-refractivity contribution < 1.29 is 19.7 Å². The van der Waals surface area contributed by atoms with Crippen molar-refractivity contribution in [1.82, 2.24) is 35.1 Å². The molecule has 2 amide bonds. The van der Waals surface area contributed by atoms with Crippen molar-refractivity contribution in [1.29, 1.82) is 0 Å². The van der Waals surface area contributed by atoms with E-state index in [9.17, 15) is 15.0 Å². The van der Waals surface area contributed by atoms with Gasteiger partial charge in [-0.2, -0.15) is 0 Å². The number of benzene rings is 1. The van der Waals surface area contributed by atoms with Crippen LogP contribution < -0.4 is 16.4 Å². The Morgan fingerprint density at radius 1 is 1.18 bits per heavy atom. The Bertz CT molecular complexity index is 1120. The number of rotatable bonds is 8. The molecule has 3 heterocycles. The third-order valence-electron chi connectivity index (χ3n) is 5.84. The zero-order chi connectivity index (χ0) is 24.2. The van der Waals surface area contributed by atoms with Crippen LogP contribution in [0.4, 0.5) is 10.6 Å². The van der Waals surface area contributed by atoms with Gasteiger partial charge >= 0.3 is 6.03 Å². The number of aryl methyl sites for hydroxylation is 1. The van der Waals surface area contributed by atoms with Crippen molar-refractivity contribution >= 4 is 23.0 Å². The Morgan fingerprint density at radius 3 is 2.71 bits per heavy atom. The number of nitrogens with zero attached hydrogens (tertiary/aromatic N) is 5. The maximum absolute atomic E-state index is 12.0. The molecule has 1 aromatic carbocycles. The minimum absolute atomic E-state index is 0.225. The standard InChI is InChI=1S/C22H30N8O4/c1-13-3-5-14(6-4-13)9-25-22(33)24-7-8-29(2)10-15-17(31)18(32)21(34-15)30-12-28-16-19(23)26-11-27-20(16)30/h3-6,11-12,15,17-18,21,31-32H,7-10H2,1-2H3,(H2,23,26,27)(H2,24,25,33). The number of fused-ring (bicyclic) bond motifs is 1. The monoisotopic (exact) mass is 470 g/mol. The van der Waals surface area contributed by atoms with Crippen LogP contribution in [-0.4, -0.2) is 85.7 Å². The fourth-order valence-corrected chi connectivity index (χ4v) is 3.88. The summed E-state index contributed by atoms with van der Waals surface area (Å²) >= 11 is 0. The number of aromatic nitrogens is 4. The van der Waals surface area contributed by atoms with Gasteiger partial charge in [-0.1, -0.05) is 29.8 Å². The predicted octanol–water partition coefficient (Wildman–Crippen LogP) is -0.233. The number of hydrogen-bond donors (Lipinski definition) is 5. The average Bonchev–Trinajstić information content (AvgIpc) is 3.36. The van der Waals surface area contributed by atoms with E-state index >= 15 is 0 Å². The molecule has 4 rings (SSSR count). The molecule has 0 bridgehead atoms. The Balaban J connectivity index is 1.24. The van der Waals surface area contributed by atoms with Gasteiger partial charge in [0.25, 0.3) is 0 Å². The SMILES string of the molecule is Cc1ccc(CNC(=O)NCCN(C)CC2OC(n3cnc4c(N)ncnc43)C(O)C2O)cc1. The zero-order valence-electron chi connectivity index (χ0n) is 19.1. The van der Waals surface area contributed by atoms with Crippen molar-refractivity contribution in [3.63, 3.8) is 0 Å². The van der Waals surface area contributed by atoms with Gasteiger partial charge in [-0.15, -0.1) is 0 Å². The highest BCUT2D eigenvalue weighted by molar-refractivity contribution is 5.81. The number of hydrogen-bond acceptors (Lipinski definition) is 9. The van der Waals surface area contributed by atoms with Gasteiger partial charge in [-0.3, -0.25) is 4.57 Å². The van der Waals surface area contributed by atoms with Crippen LogP contribution in [0.15, 0.2) is 36.9 Å². The summed E-state index contributed by atoms with van der Waals surface area (Å²) in [5.74, 6) is 0.225. The summed E-state index contributed by atoms with van der Waals surface area (Å²) in [5.41, 5.74) is 8.84. The Morgan fingerprint density at radius 2 is 1.94 bits per heavy atom. The van der Waals surface area contributed by atoms with Gasteiger partial charge in [0, 0.05) is 26.2 Å². The summed E-state index contributed by atoms with van der Waals surface area (Å²) in [6.07, 6.45) is -1.01. The number of carbonyl (C=O) groups excluding carboxylic acids is 1. The minimum Gasteiger partial charge on any atom is -0.387 e. The molecule has 4 unspecified atom stereocenters. The first-order valence-electron chi connectivity index (χ1n) is 11.0. The van der Waals surface area contributed by atoms with E-state index in [-0.39, 0.29) is 11.8 Å². The second-order valence-corrected chi connectivity index (χ2v) is 8.49. The molecule has 4 atom stereocenters. The van der Waals surface area contributed by atoms with E-state index in [1.54, 1.807) is 4.57 Å². The smallest absolute Gasteiger partial charge is 0.315 e. The number of nitrogen functional groups attached to an aromatic ring is 1. The van der Waals surface area contributed by atoms with Gasteiger partial charge in [0.05, 0.1) is 6.33 Å². The molecule has 0 spiro atoms. The molecule has 1 aliphatic heterocycles. The van der Waals surface area contributed by atoms with Crippen LogP contribution in [0.5, 0.6) is 0 Å². The third kappa shape index (κ3) is 5.25. The van der Waals surface area contributed by atoms with Gasteiger partial charge in [0.2, 0.25) is 0 Å². The van der Waals surface area contributed by atoms with Gasteiger partial charge in [0.15, 0.2) is 17.7 Å². The fourth-order valence-electron chi connectivity index (χ4n) is 3.88. The van der Waals surface area contributed by atoms with Crippen molar-refractivity contribution in [3.8, 4) is 0 Å². The summed E-state index contributed by atoms with van der Waals surface area (Å²) < 4.78 is 7.50. The van der Waals surface area contributed by atoms with Gasteiger partial charge in [0.1, 0.15) is 30.2 Å². The van der Waals surface area contributed by atoms with Crippen molar-refractivity contribution in [2.24, 2.45) is 0 Å². The van der Waals surface area contributed by atoms with Gasteiger partial charge in [-0.05, 0) is 19.5 Å². The topological polar surface area (TPSA) is 164 Å². The third-order valence-corrected chi connectivity index (χ3v) is 5.84. The van der Waals surface area contributed by atoms with Gasteiger partial charge < -0.3 is 36.2 Å². The van der Waals surface area contributed by atoms with E-state index in [4.69, 9.17) is 10.5 Å². The lowest BCUT2D eigenvalue weighted by Gasteiger charge is -2.23. The molecule has 12 nitrogen and oxygen atoms in total. The highest BCUT2D eigenvalue weighted by Gasteiger charge is 2.44. The molecule has 34 heavy (non-hydrogen) atoms. The van der Waals surface area contributed by atoms with Crippen molar-refractivity contribution in [3.05, 3.63) is 48.0 Å². The fraction of sp³-hybridized carbons (Fsp3) is 0.455. The van der Waals surface area contributed by atoms with Crippen LogP contribution in [0.2, 0.25) is 0 Å². The highest BCUT2D eigenvalue weighted by Crippen LogP contribution is 2.32. The Hall–Kier alpha value is -3.32. The van der Waals surface area contributed by atoms with Crippen LogP contribution in [0.3, 0.4) is 0 Å². The van der Waals surface area contributed by atoms with Crippen LogP contribution in [-0.2, 0) is 11.3 Å². The number of ether oxygens (including phenoxy) is 1. The number of likely N-dealkylation sites (N-methyl/N-ethyl adjacent to an activating group) is 1. The highest BCUT2D eigenvalue weighted by atomic mass is 16.6. The van der Waals surface area contributed by atoms with E-state index in [1.807, 2.05) is 43.1 Å². The number of aliphatic hydroxyl groups excluding tert-OH is 2. The lowest BCUT2D eigenvalue weighted by Crippen LogP contribution is -2.43. The first-order valence-corrected chi connectivity index (χ1v) is 11.0. The number of amides is 2. The molecule has 0 saturated carbocycles. The average molecular weight is 471 g/mol. The number of nitrogens with two attached hydrogens (primary N) is 1. The van der Waals surface area contributed by atoms with E-state index in [2.05, 4.69) is 25.6 Å². The Labute approximate surface area is 196 Å². The first-order chi connectivity index (χ1) is 16.3. The van der Waals surface area contributed by atoms with Crippen LogP contribution in [0.25, 0.3) is 11.2 Å². The van der Waals surface area contributed by atoms with Crippen LogP contribution in [0, 0.1) is 6.92 Å². The van der Waals surface area contributed by atoms with Gasteiger partial charge in [-0.25, -0.2) is 19.7 Å². The molecule has 2 aromatic heterocycles. The quantitative estimate of drug-likeness (QED) is 0.299. The number of aliphatic hydroxyl groups is 2. The number of imidazole rings is 1. The largest absolute Gasteiger partial charge is 0.387 e. The molecule has 0 aliphatic carbocycles. The molecule has 182 valence electrons. The van der Waals surface area contributed by atoms with Crippen LogP contribution in [0.1, 0.15) is 17.4 Å². The van der Waals surface area contributed by atoms with E-state index in [0.29, 0.717) is 37.3 Å². The lowest BCUT2D eigenvalue weighted by atomic mass is 10.1. The maximum Gasteiger partial charge on any atom is 0.315 e. The van der Waals surface area contributed by atoms with Crippen LogP contribution >= 0.6 is 0 Å². The second kappa shape index (κ2) is 10.3. The maximum atomic E-state index is 12.0. The summed E-state index contributed by atoms with van der Waals surface area (Å²) in [6, 6.07) is 7.71.